The molecule has 0 rings (SSSR count). The third kappa shape index (κ3) is 40.4. The zero-order valence-corrected chi connectivity index (χ0v) is 38.6. The van der Waals surface area contributed by atoms with Crippen LogP contribution < -0.4 is 0 Å². The number of esters is 2. The molecular weight excluding hydrogens is 797 g/mol. The Bertz CT molecular complexity index is 1460. The second-order valence-corrected chi connectivity index (χ2v) is 17.0. The quantitative estimate of drug-likeness (QED) is 0.0117. The third-order valence-electron chi connectivity index (χ3n) is 8.64. The molecule has 0 aromatic heterocycles. The molecule has 0 spiro atoms. The van der Waals surface area contributed by atoms with Crippen LogP contribution in [-0.2, 0) is 32.7 Å². The number of likely N-dealkylation sites (N-methyl/N-ethyl adjacent to an activating group) is 1. The number of aliphatic hydroxyl groups excluding tert-OH is 3. The zero-order chi connectivity index (χ0) is 45.5. The highest BCUT2D eigenvalue weighted by molar-refractivity contribution is 7.47. The molecule has 346 valence electrons. The predicted octanol–water partition coefficient (Wildman–Crippen LogP) is 9.26. The van der Waals surface area contributed by atoms with Crippen LogP contribution in [0.5, 0.6) is 0 Å². The van der Waals surface area contributed by atoms with E-state index in [0.717, 1.165) is 57.8 Å². The lowest BCUT2D eigenvalue weighted by Crippen LogP contribution is -2.37. The first-order valence-electron chi connectivity index (χ1n) is 21.9. The van der Waals surface area contributed by atoms with Crippen LogP contribution in [0.25, 0.3) is 0 Å². The molecule has 12 nitrogen and oxygen atoms in total. The second kappa shape index (κ2) is 38.2. The van der Waals surface area contributed by atoms with E-state index in [1.54, 1.807) is 42.5 Å². The van der Waals surface area contributed by atoms with Crippen LogP contribution in [0, 0.1) is 0 Å². The van der Waals surface area contributed by atoms with Gasteiger partial charge >= 0.3 is 19.8 Å². The fraction of sp³-hybridized carbons (Fsp3) is 0.583. The minimum Gasteiger partial charge on any atom is -0.462 e. The summed E-state index contributed by atoms with van der Waals surface area (Å²) in [6, 6.07) is 0. The van der Waals surface area contributed by atoms with Crippen LogP contribution in [0.1, 0.15) is 110 Å². The lowest BCUT2D eigenvalue weighted by Gasteiger charge is -2.24. The average Bonchev–Trinajstić information content (AvgIpc) is 3.20. The number of aliphatic hydroxyl groups is 3. The molecule has 0 aliphatic heterocycles. The van der Waals surface area contributed by atoms with Crippen molar-refractivity contribution in [1.29, 1.82) is 0 Å². The molecule has 0 aromatic carbocycles. The molecule has 5 atom stereocenters. The van der Waals surface area contributed by atoms with Crippen molar-refractivity contribution < 1.29 is 57.4 Å². The van der Waals surface area contributed by atoms with Gasteiger partial charge in [0.15, 0.2) is 6.10 Å². The van der Waals surface area contributed by atoms with Gasteiger partial charge in [0.05, 0.1) is 46.1 Å². The number of rotatable bonds is 37. The van der Waals surface area contributed by atoms with Gasteiger partial charge in [0, 0.05) is 12.8 Å². The van der Waals surface area contributed by atoms with Crippen molar-refractivity contribution in [2.45, 2.75) is 135 Å². The number of ether oxygens (including phenoxy) is 2. The topological polar surface area (TPSA) is 169 Å². The van der Waals surface area contributed by atoms with Gasteiger partial charge in [-0.15, -0.1) is 0 Å². The number of phosphoric ester groups is 1. The normalized spacial score (nSPS) is 16.1. The number of hydrogen-bond acceptors (Lipinski definition) is 10. The van der Waals surface area contributed by atoms with Crippen LogP contribution in [0.4, 0.5) is 0 Å². The third-order valence-corrected chi connectivity index (χ3v) is 9.63. The maximum absolute atomic E-state index is 12.7. The van der Waals surface area contributed by atoms with Gasteiger partial charge in [-0.25, -0.2) is 4.57 Å². The Morgan fingerprint density at radius 2 is 1.20 bits per heavy atom. The molecule has 4 N–H and O–H groups in total. The molecule has 61 heavy (non-hydrogen) atoms. The fourth-order valence-electron chi connectivity index (χ4n) is 5.11. The van der Waals surface area contributed by atoms with Crippen LogP contribution in [-0.4, -0.2) is 109 Å². The second-order valence-electron chi connectivity index (χ2n) is 15.5. The lowest BCUT2D eigenvalue weighted by molar-refractivity contribution is -0.870. The maximum Gasteiger partial charge on any atom is 0.472 e. The molecule has 0 fully saturated rings. The van der Waals surface area contributed by atoms with Crippen molar-refractivity contribution in [1.82, 2.24) is 0 Å². The number of quaternary nitrogens is 1. The highest BCUT2D eigenvalue weighted by Crippen LogP contribution is 2.43. The Kier molecular flexibility index (Phi) is 36.1. The van der Waals surface area contributed by atoms with Crippen LogP contribution in [0.2, 0.25) is 0 Å². The van der Waals surface area contributed by atoms with E-state index < -0.39 is 57.4 Å². The highest BCUT2D eigenvalue weighted by atomic mass is 31.2. The Balaban J connectivity index is 4.75. The van der Waals surface area contributed by atoms with Crippen molar-refractivity contribution in [3.05, 3.63) is 109 Å². The number of phosphoric acid groups is 1. The van der Waals surface area contributed by atoms with Gasteiger partial charge in [-0.3, -0.25) is 18.6 Å². The number of carbonyl (C=O) groups is 2. The van der Waals surface area contributed by atoms with Gasteiger partial charge in [0.25, 0.3) is 0 Å². The van der Waals surface area contributed by atoms with E-state index in [-0.39, 0.29) is 32.3 Å². The van der Waals surface area contributed by atoms with E-state index >= 15 is 0 Å². The molecule has 0 aliphatic carbocycles. The zero-order valence-electron chi connectivity index (χ0n) is 37.7. The smallest absolute Gasteiger partial charge is 0.462 e. The Morgan fingerprint density at radius 1 is 0.639 bits per heavy atom. The van der Waals surface area contributed by atoms with Gasteiger partial charge < -0.3 is 34.2 Å². The van der Waals surface area contributed by atoms with Crippen molar-refractivity contribution in [2.24, 2.45) is 0 Å². The van der Waals surface area contributed by atoms with Crippen molar-refractivity contribution in [3.63, 3.8) is 0 Å². The van der Waals surface area contributed by atoms with Crippen molar-refractivity contribution >= 4 is 19.8 Å². The molecule has 0 amide bonds. The SMILES string of the molecule is CC/C=C\C/C=C\C/C=C\C/C=C\CCCCCCC(=O)O[C@H](COC(=O)CCC[C@H](O)[C@@H](O)\C=C/C=C\C=C\C=C\[C@H](O)C/C=C\CC)COP(=O)(O)OCC[N+](C)(C)C. The van der Waals surface area contributed by atoms with Crippen LogP contribution in [0.3, 0.4) is 0 Å². The molecule has 0 radical (unpaired) electrons. The highest BCUT2D eigenvalue weighted by Gasteiger charge is 2.27. The molecule has 0 aromatic rings. The standard InChI is InChI=1S/C48H78NO11P/c1-6-8-10-11-12-13-14-15-16-17-18-19-20-21-22-27-31-37-48(54)60-44(42-59-61(55,56)58-40-39-49(3,4)5)41-57-47(53)38-32-36-46(52)45(51)35-30-26-24-23-25-29-34-43(50)33-28-9-7-2/h8-10,12-13,15-16,18-19,23-26,28-30,34-35,43-46,50-52H,6-7,11,14,17,20-22,27,31-33,36-42H2,1-5H3/p+1/b10-8-,13-12-,16-15-,19-18-,25-23+,26-24-,28-9-,34-29+,35-30-/t43-,44-,45+,46+/m1/s1. The van der Waals surface area contributed by atoms with E-state index in [2.05, 4.69) is 55.5 Å². The van der Waals surface area contributed by atoms with E-state index in [4.69, 9.17) is 18.5 Å². The summed E-state index contributed by atoms with van der Waals surface area (Å²) >= 11 is 0. The Labute approximate surface area is 367 Å². The van der Waals surface area contributed by atoms with Gasteiger partial charge in [-0.05, 0) is 70.6 Å². The minimum atomic E-state index is -4.48. The molecular formula is C48H79NO11P+. The Morgan fingerprint density at radius 3 is 1.84 bits per heavy atom. The summed E-state index contributed by atoms with van der Waals surface area (Å²) in [5.74, 6) is -1.17. The number of carbonyl (C=O) groups excluding carboxylic acids is 2. The summed E-state index contributed by atoms with van der Waals surface area (Å²) in [6.45, 7) is 3.65. The first-order valence-corrected chi connectivity index (χ1v) is 23.4. The predicted molar refractivity (Wildman–Crippen MR) is 246 cm³/mol. The monoisotopic (exact) mass is 877 g/mol. The molecule has 0 saturated carbocycles. The summed E-state index contributed by atoms with van der Waals surface area (Å²) in [5, 5.41) is 30.5. The number of hydrogen-bond donors (Lipinski definition) is 4. The summed E-state index contributed by atoms with van der Waals surface area (Å²) in [7, 11) is 1.25. The Hall–Kier alpha value is -3.45. The molecule has 0 heterocycles. The van der Waals surface area contributed by atoms with E-state index in [9.17, 15) is 34.4 Å². The van der Waals surface area contributed by atoms with E-state index in [0.29, 0.717) is 23.9 Å². The molecule has 0 bridgehead atoms. The van der Waals surface area contributed by atoms with E-state index in [1.165, 1.54) is 6.08 Å². The van der Waals surface area contributed by atoms with Crippen LogP contribution >= 0.6 is 7.82 Å². The summed E-state index contributed by atoms with van der Waals surface area (Å²) in [4.78, 5) is 35.4. The molecule has 0 aliphatic rings. The number of unbranched alkanes of at least 4 members (excludes halogenated alkanes) is 4. The lowest BCUT2D eigenvalue weighted by atomic mass is 10.1. The largest absolute Gasteiger partial charge is 0.472 e. The van der Waals surface area contributed by atoms with Gasteiger partial charge in [-0.2, -0.15) is 0 Å². The first kappa shape index (κ1) is 57.5. The maximum atomic E-state index is 12.7. The fourth-order valence-corrected chi connectivity index (χ4v) is 5.85. The molecule has 13 heteroatoms. The van der Waals surface area contributed by atoms with Crippen molar-refractivity contribution in [2.75, 3.05) is 47.5 Å². The first-order chi connectivity index (χ1) is 29.2. The van der Waals surface area contributed by atoms with Gasteiger partial charge in [0.2, 0.25) is 0 Å². The minimum absolute atomic E-state index is 0.0363. The summed E-state index contributed by atoms with van der Waals surface area (Å²) in [5.41, 5.74) is 0. The number of nitrogens with zero attached hydrogens (tertiary/aromatic N) is 1. The molecule has 1 unspecified atom stereocenters. The summed E-state index contributed by atoms with van der Waals surface area (Å²) < 4.78 is 34.0. The van der Waals surface area contributed by atoms with E-state index in [1.807, 2.05) is 40.2 Å². The molecule has 0 saturated heterocycles. The van der Waals surface area contributed by atoms with Crippen molar-refractivity contribution in [3.8, 4) is 0 Å². The van der Waals surface area contributed by atoms with Gasteiger partial charge in [0.1, 0.15) is 19.8 Å². The van der Waals surface area contributed by atoms with Crippen LogP contribution in [0.15, 0.2) is 109 Å². The van der Waals surface area contributed by atoms with Gasteiger partial charge in [-0.1, -0.05) is 136 Å². The number of allylic oxidation sites excluding steroid dienone is 15. The average molecular weight is 877 g/mol. The summed E-state index contributed by atoms with van der Waals surface area (Å²) in [6.07, 6.45) is 40.9.